The molecule has 0 aliphatic rings. The minimum Gasteiger partial charge on any atom is -0.492 e. The molecule has 0 atom stereocenters. The van der Waals surface area contributed by atoms with E-state index in [2.05, 4.69) is 10.3 Å². The van der Waals surface area contributed by atoms with Crippen LogP contribution in [0.15, 0.2) is 24.4 Å². The molecule has 1 heterocycles. The van der Waals surface area contributed by atoms with Crippen LogP contribution in [0.1, 0.15) is 10.5 Å². The first-order valence-electron chi connectivity index (χ1n) is 5.27. The van der Waals surface area contributed by atoms with E-state index in [0.29, 0.717) is 28.9 Å². The van der Waals surface area contributed by atoms with Crippen molar-refractivity contribution >= 4 is 29.2 Å². The van der Waals surface area contributed by atoms with Gasteiger partial charge in [0.2, 0.25) is 0 Å². The first kappa shape index (κ1) is 13.6. The van der Waals surface area contributed by atoms with Gasteiger partial charge in [-0.1, -0.05) is 28.4 Å². The molecule has 19 heavy (non-hydrogen) atoms. The predicted molar refractivity (Wildman–Crippen MR) is 68.9 cm³/mol. The molecule has 1 aromatic carbocycles. The molecule has 0 spiro atoms. The van der Waals surface area contributed by atoms with Crippen molar-refractivity contribution in [2.45, 2.75) is 6.54 Å². The van der Waals surface area contributed by atoms with E-state index in [1.807, 2.05) is 0 Å². The number of aromatic nitrogens is 3. The highest BCUT2D eigenvalue weighted by molar-refractivity contribution is 6.42. The first-order valence-corrected chi connectivity index (χ1v) is 6.03. The molecule has 2 rings (SSSR count). The molecular weight excluding hydrogens is 293 g/mol. The lowest BCUT2D eigenvalue weighted by Gasteiger charge is -2.06. The van der Waals surface area contributed by atoms with Gasteiger partial charge in [0.25, 0.3) is 0 Å². The summed E-state index contributed by atoms with van der Waals surface area (Å²) in [6.45, 7) is 0.681. The van der Waals surface area contributed by atoms with E-state index in [1.165, 1.54) is 10.9 Å². The highest BCUT2D eigenvalue weighted by atomic mass is 35.5. The third-order valence-electron chi connectivity index (χ3n) is 2.24. The lowest BCUT2D eigenvalue weighted by Crippen LogP contribution is -2.08. The van der Waals surface area contributed by atoms with Crippen molar-refractivity contribution in [2.24, 2.45) is 0 Å². The van der Waals surface area contributed by atoms with Crippen molar-refractivity contribution in [1.82, 2.24) is 15.0 Å². The van der Waals surface area contributed by atoms with Crippen molar-refractivity contribution in [2.75, 3.05) is 6.61 Å². The van der Waals surface area contributed by atoms with Crippen molar-refractivity contribution < 1.29 is 14.6 Å². The third kappa shape index (κ3) is 3.59. The van der Waals surface area contributed by atoms with Gasteiger partial charge in [0.05, 0.1) is 22.8 Å². The molecule has 0 aliphatic carbocycles. The second-order valence-electron chi connectivity index (χ2n) is 3.60. The zero-order chi connectivity index (χ0) is 13.8. The Labute approximate surface area is 118 Å². The summed E-state index contributed by atoms with van der Waals surface area (Å²) >= 11 is 11.6. The lowest BCUT2D eigenvalue weighted by atomic mass is 10.3. The Kier molecular flexibility index (Phi) is 4.24. The average Bonchev–Trinajstić information content (AvgIpc) is 2.83. The minimum atomic E-state index is -1.11. The molecule has 0 saturated carbocycles. The van der Waals surface area contributed by atoms with Crippen LogP contribution in [-0.4, -0.2) is 32.7 Å². The SMILES string of the molecule is O=C(O)c1cn(CCOc2ccc(Cl)c(Cl)c2)nn1. The van der Waals surface area contributed by atoms with Crippen LogP contribution in [0.5, 0.6) is 5.75 Å². The maximum atomic E-state index is 10.6. The van der Waals surface area contributed by atoms with Gasteiger partial charge in [0, 0.05) is 6.07 Å². The Morgan fingerprint density at radius 3 is 2.79 bits per heavy atom. The van der Waals surface area contributed by atoms with Gasteiger partial charge in [-0.25, -0.2) is 9.48 Å². The van der Waals surface area contributed by atoms with Crippen LogP contribution < -0.4 is 4.74 Å². The molecule has 0 fully saturated rings. The molecule has 0 unspecified atom stereocenters. The summed E-state index contributed by atoms with van der Waals surface area (Å²) in [4.78, 5) is 10.6. The van der Waals surface area contributed by atoms with Crippen molar-refractivity contribution in [3.8, 4) is 5.75 Å². The number of carboxylic acid groups (broad SMARTS) is 1. The van der Waals surface area contributed by atoms with Crippen LogP contribution in [0.3, 0.4) is 0 Å². The number of hydrogen-bond donors (Lipinski definition) is 1. The van der Waals surface area contributed by atoms with Crippen molar-refractivity contribution in [3.63, 3.8) is 0 Å². The van der Waals surface area contributed by atoms with Crippen molar-refractivity contribution in [3.05, 3.63) is 40.1 Å². The molecule has 0 radical (unpaired) electrons. The van der Waals surface area contributed by atoms with Crippen molar-refractivity contribution in [1.29, 1.82) is 0 Å². The summed E-state index contributed by atoms with van der Waals surface area (Å²) in [5, 5.41) is 16.7. The molecule has 1 N–H and O–H groups in total. The Bertz CT molecular complexity index is 601. The van der Waals surface area contributed by atoms with Crippen LogP contribution in [0, 0.1) is 0 Å². The summed E-state index contributed by atoms with van der Waals surface area (Å²) in [6, 6.07) is 4.93. The number of carbonyl (C=O) groups is 1. The lowest BCUT2D eigenvalue weighted by molar-refractivity contribution is 0.0690. The summed E-state index contributed by atoms with van der Waals surface area (Å²) < 4.78 is 6.83. The van der Waals surface area contributed by atoms with E-state index in [9.17, 15) is 4.79 Å². The summed E-state index contributed by atoms with van der Waals surface area (Å²) in [5.74, 6) is -0.537. The van der Waals surface area contributed by atoms with Gasteiger partial charge in [0.15, 0.2) is 5.69 Å². The van der Waals surface area contributed by atoms with Crippen LogP contribution in [-0.2, 0) is 6.54 Å². The van der Waals surface area contributed by atoms with Gasteiger partial charge >= 0.3 is 5.97 Å². The van der Waals surface area contributed by atoms with E-state index in [4.69, 9.17) is 33.0 Å². The molecule has 2 aromatic rings. The molecule has 0 saturated heterocycles. The number of nitrogens with zero attached hydrogens (tertiary/aromatic N) is 3. The largest absolute Gasteiger partial charge is 0.492 e. The van der Waals surface area contributed by atoms with E-state index >= 15 is 0 Å². The Morgan fingerprint density at radius 1 is 1.37 bits per heavy atom. The number of aromatic carboxylic acids is 1. The van der Waals surface area contributed by atoms with E-state index in [-0.39, 0.29) is 5.69 Å². The van der Waals surface area contributed by atoms with Gasteiger partial charge in [-0.3, -0.25) is 0 Å². The summed E-state index contributed by atoms with van der Waals surface area (Å²) in [5.41, 5.74) is -0.102. The number of ether oxygens (including phenoxy) is 1. The molecular formula is C11H9Cl2N3O3. The number of halogens is 2. The maximum Gasteiger partial charge on any atom is 0.358 e. The average molecular weight is 302 g/mol. The smallest absolute Gasteiger partial charge is 0.358 e. The normalized spacial score (nSPS) is 10.4. The zero-order valence-corrected chi connectivity index (χ0v) is 11.1. The van der Waals surface area contributed by atoms with Gasteiger partial charge < -0.3 is 9.84 Å². The Morgan fingerprint density at radius 2 is 2.16 bits per heavy atom. The molecule has 0 aliphatic heterocycles. The highest BCUT2D eigenvalue weighted by Gasteiger charge is 2.08. The molecule has 1 aromatic heterocycles. The fourth-order valence-corrected chi connectivity index (χ4v) is 1.62. The predicted octanol–water partition coefficient (Wildman–Crippen LogP) is 2.36. The molecule has 0 amide bonds. The zero-order valence-electron chi connectivity index (χ0n) is 9.58. The van der Waals surface area contributed by atoms with Gasteiger partial charge in [-0.15, -0.1) is 5.10 Å². The Hall–Kier alpha value is -1.79. The number of hydrogen-bond acceptors (Lipinski definition) is 4. The topological polar surface area (TPSA) is 77.2 Å². The second kappa shape index (κ2) is 5.90. The highest BCUT2D eigenvalue weighted by Crippen LogP contribution is 2.26. The van der Waals surface area contributed by atoms with E-state index < -0.39 is 5.97 Å². The van der Waals surface area contributed by atoms with E-state index in [1.54, 1.807) is 18.2 Å². The van der Waals surface area contributed by atoms with Gasteiger partial charge in [-0.2, -0.15) is 0 Å². The fourth-order valence-electron chi connectivity index (χ4n) is 1.33. The number of rotatable bonds is 5. The first-order chi connectivity index (χ1) is 9.06. The quantitative estimate of drug-likeness (QED) is 0.917. The van der Waals surface area contributed by atoms with Gasteiger partial charge in [-0.05, 0) is 12.1 Å². The summed E-state index contributed by atoms with van der Waals surface area (Å²) in [6.07, 6.45) is 1.33. The van der Waals surface area contributed by atoms with Crippen LogP contribution in [0.4, 0.5) is 0 Å². The maximum absolute atomic E-state index is 10.6. The molecule has 8 heteroatoms. The Balaban J connectivity index is 1.88. The number of benzene rings is 1. The molecule has 100 valence electrons. The van der Waals surface area contributed by atoms with Crippen LogP contribution in [0.25, 0.3) is 0 Å². The minimum absolute atomic E-state index is 0.102. The second-order valence-corrected chi connectivity index (χ2v) is 4.41. The van der Waals surface area contributed by atoms with E-state index in [0.717, 1.165) is 0 Å². The van der Waals surface area contributed by atoms with Crippen LogP contribution >= 0.6 is 23.2 Å². The van der Waals surface area contributed by atoms with Gasteiger partial charge in [0.1, 0.15) is 12.4 Å². The number of carboxylic acids is 1. The van der Waals surface area contributed by atoms with Crippen LogP contribution in [0.2, 0.25) is 10.0 Å². The molecule has 0 bridgehead atoms. The fraction of sp³-hybridized carbons (Fsp3) is 0.182. The monoisotopic (exact) mass is 301 g/mol. The molecule has 6 nitrogen and oxygen atoms in total. The summed E-state index contributed by atoms with van der Waals surface area (Å²) in [7, 11) is 0. The third-order valence-corrected chi connectivity index (χ3v) is 2.98. The standard InChI is InChI=1S/C11H9Cl2N3O3/c12-8-2-1-7(5-9(8)13)19-4-3-16-6-10(11(17)18)14-15-16/h1-2,5-6H,3-4H2,(H,17,18).